The normalized spacial score (nSPS) is 13.8. The van der Waals surface area contributed by atoms with Crippen molar-refractivity contribution in [3.8, 4) is 11.3 Å². The van der Waals surface area contributed by atoms with Crippen LogP contribution in [0.15, 0.2) is 64.9 Å². The number of aliphatic hydroxyl groups is 1. The van der Waals surface area contributed by atoms with Crippen molar-refractivity contribution < 1.29 is 34.4 Å². The molecule has 4 aromatic rings. The number of fused-ring (bicyclic) bond motifs is 2. The summed E-state index contributed by atoms with van der Waals surface area (Å²) in [6, 6.07) is 18.2. The Hall–Kier alpha value is -2.53. The maximum Gasteiger partial charge on any atom is 0.155 e. The van der Waals surface area contributed by atoms with Crippen molar-refractivity contribution in [2.75, 3.05) is 0 Å². The zero-order valence-electron chi connectivity index (χ0n) is 17.2. The molecule has 0 bridgehead atoms. The summed E-state index contributed by atoms with van der Waals surface area (Å²) in [5.41, 5.74) is 4.04. The summed E-state index contributed by atoms with van der Waals surface area (Å²) in [6.07, 6.45) is 3.00. The van der Waals surface area contributed by atoms with Gasteiger partial charge < -0.3 is 14.5 Å². The minimum absolute atomic E-state index is 0. The molecule has 2 aromatic carbocycles. The van der Waals surface area contributed by atoms with Gasteiger partial charge in [-0.2, -0.15) is 0 Å². The minimum Gasteiger partial charge on any atom is -0.512 e. The number of carbonyl (C=O) groups is 1. The molecule has 0 spiro atoms. The summed E-state index contributed by atoms with van der Waals surface area (Å²) < 4.78 is 6.09. The van der Waals surface area contributed by atoms with Crippen molar-refractivity contribution in [3.63, 3.8) is 0 Å². The molecular formula is C24H22IrNO3Si-. The smallest absolute Gasteiger partial charge is 0.155 e. The van der Waals surface area contributed by atoms with E-state index in [0.29, 0.717) is 0 Å². The second kappa shape index (κ2) is 8.30. The van der Waals surface area contributed by atoms with E-state index >= 15 is 0 Å². The predicted octanol–water partition coefficient (Wildman–Crippen LogP) is 4.62. The first kappa shape index (κ1) is 22.2. The van der Waals surface area contributed by atoms with Gasteiger partial charge >= 0.3 is 0 Å². The molecule has 1 N–H and O–H groups in total. The molecular weight excluding hydrogens is 571 g/mol. The Bertz CT molecular complexity index is 1290. The molecule has 0 unspecified atom stereocenters. The van der Waals surface area contributed by atoms with Crippen LogP contribution in [0, 0.1) is 6.07 Å². The standard InChI is InChI=1S/C19H14NOSi.C5H8O2.Ir/c1-22(2)15-8-4-3-6-12(15)19-18-14(10-11-20-19)21-13-7-5-9-16(22)17(13)18;1-4(6)3-5(2)7;/h3-5,7-11H,1-2H3;3,6H,1-2H3;/q-1;;/b;4-3-;. The van der Waals surface area contributed by atoms with E-state index in [0.717, 1.165) is 27.8 Å². The van der Waals surface area contributed by atoms with Crippen LogP contribution in [0.2, 0.25) is 13.1 Å². The van der Waals surface area contributed by atoms with E-state index in [9.17, 15) is 4.79 Å². The average molecular weight is 593 g/mol. The number of hydrogen-bond donors (Lipinski definition) is 1. The summed E-state index contributed by atoms with van der Waals surface area (Å²) in [5.74, 6) is -0.0625. The Balaban J connectivity index is 0.000000281. The van der Waals surface area contributed by atoms with Gasteiger partial charge in [-0.05, 0) is 31.7 Å². The topological polar surface area (TPSA) is 63.3 Å². The van der Waals surface area contributed by atoms with E-state index in [4.69, 9.17) is 14.5 Å². The summed E-state index contributed by atoms with van der Waals surface area (Å²) in [7, 11) is -1.83. The molecule has 30 heavy (non-hydrogen) atoms. The Morgan fingerprint density at radius 3 is 2.43 bits per heavy atom. The molecule has 0 atom stereocenters. The van der Waals surface area contributed by atoms with Crippen LogP contribution < -0.4 is 10.4 Å². The Labute approximate surface area is 190 Å². The van der Waals surface area contributed by atoms with Gasteiger partial charge in [0.2, 0.25) is 0 Å². The van der Waals surface area contributed by atoms with Gasteiger partial charge in [-0.3, -0.25) is 4.79 Å². The van der Waals surface area contributed by atoms with E-state index in [2.05, 4.69) is 49.5 Å². The van der Waals surface area contributed by atoms with Crippen LogP contribution in [0.3, 0.4) is 0 Å². The SMILES string of the molecule is CC(=O)/C=C(/C)O.C[Si]1(C)c2ccc[c-]c2-c2nccc3oc4cccc1c4c23.[Ir]. The van der Waals surface area contributed by atoms with E-state index in [1.807, 2.05) is 18.3 Å². The van der Waals surface area contributed by atoms with Gasteiger partial charge in [0, 0.05) is 43.2 Å². The van der Waals surface area contributed by atoms with Crippen LogP contribution >= 0.6 is 0 Å². The first-order valence-corrected chi connectivity index (χ1v) is 12.5. The summed E-state index contributed by atoms with van der Waals surface area (Å²) in [6.45, 7) is 7.65. The van der Waals surface area contributed by atoms with Crippen molar-refractivity contribution in [2.24, 2.45) is 0 Å². The molecule has 1 aliphatic heterocycles. The molecule has 0 saturated heterocycles. The third kappa shape index (κ3) is 3.67. The zero-order valence-corrected chi connectivity index (χ0v) is 20.6. The van der Waals surface area contributed by atoms with Crippen LogP contribution in [-0.2, 0) is 24.9 Å². The molecule has 155 valence electrons. The van der Waals surface area contributed by atoms with Crippen molar-refractivity contribution >= 4 is 46.2 Å². The van der Waals surface area contributed by atoms with Gasteiger partial charge in [0.15, 0.2) is 5.78 Å². The second-order valence-electron chi connectivity index (χ2n) is 7.79. The number of ketones is 1. The second-order valence-corrected chi connectivity index (χ2v) is 12.1. The average Bonchev–Trinajstić information content (AvgIpc) is 3.02. The van der Waals surface area contributed by atoms with E-state index < -0.39 is 8.07 Å². The number of pyridine rings is 1. The number of furan rings is 1. The fourth-order valence-corrected chi connectivity index (χ4v) is 7.07. The molecule has 1 aliphatic rings. The molecule has 5 rings (SSSR count). The number of carbonyl (C=O) groups excluding carboxylic acids is 1. The van der Waals surface area contributed by atoms with Crippen LogP contribution in [0.5, 0.6) is 0 Å². The third-order valence-corrected chi connectivity index (χ3v) is 8.79. The van der Waals surface area contributed by atoms with Crippen molar-refractivity contribution in [1.29, 1.82) is 0 Å². The van der Waals surface area contributed by atoms with Gasteiger partial charge in [-0.25, -0.2) is 0 Å². The number of aromatic nitrogens is 1. The van der Waals surface area contributed by atoms with Gasteiger partial charge in [0.05, 0.1) is 13.8 Å². The number of allylic oxidation sites excluding steroid dienone is 2. The minimum atomic E-state index is -1.83. The summed E-state index contributed by atoms with van der Waals surface area (Å²) in [4.78, 5) is 14.7. The first-order chi connectivity index (χ1) is 13.8. The number of rotatable bonds is 1. The molecule has 0 fully saturated rings. The Kier molecular flexibility index (Phi) is 6.13. The first-order valence-electron chi connectivity index (χ1n) is 9.51. The summed E-state index contributed by atoms with van der Waals surface area (Å²) in [5, 5.41) is 13.6. The van der Waals surface area contributed by atoms with Crippen molar-refractivity contribution in [2.45, 2.75) is 26.9 Å². The summed E-state index contributed by atoms with van der Waals surface area (Å²) >= 11 is 0. The quantitative estimate of drug-likeness (QED) is 0.152. The van der Waals surface area contributed by atoms with Crippen LogP contribution in [0.4, 0.5) is 0 Å². The maximum absolute atomic E-state index is 10.0. The fraction of sp³-hybridized carbons (Fsp3) is 0.167. The number of benzene rings is 2. The molecule has 0 aliphatic carbocycles. The number of hydrogen-bond acceptors (Lipinski definition) is 4. The maximum atomic E-state index is 10.0. The van der Waals surface area contributed by atoms with Crippen LogP contribution in [0.1, 0.15) is 13.8 Å². The molecule has 6 heteroatoms. The molecule has 0 amide bonds. The van der Waals surface area contributed by atoms with E-state index in [1.54, 1.807) is 0 Å². The van der Waals surface area contributed by atoms with E-state index in [1.165, 1.54) is 35.7 Å². The van der Waals surface area contributed by atoms with Crippen molar-refractivity contribution in [3.05, 3.63) is 66.6 Å². The molecule has 0 saturated carbocycles. The molecule has 2 aromatic heterocycles. The van der Waals surface area contributed by atoms with Gasteiger partial charge in [-0.15, -0.1) is 35.0 Å². The number of nitrogens with zero attached hydrogens (tertiary/aromatic N) is 1. The molecule has 3 heterocycles. The third-order valence-electron chi connectivity index (χ3n) is 5.26. The van der Waals surface area contributed by atoms with Gasteiger partial charge in [0.1, 0.15) is 11.2 Å². The van der Waals surface area contributed by atoms with Crippen molar-refractivity contribution in [1.82, 2.24) is 4.98 Å². The van der Waals surface area contributed by atoms with E-state index in [-0.39, 0.29) is 31.6 Å². The molecule has 4 nitrogen and oxygen atoms in total. The number of aliphatic hydroxyl groups excluding tert-OH is 1. The zero-order chi connectivity index (χ0) is 20.8. The Morgan fingerprint density at radius 2 is 1.77 bits per heavy atom. The predicted molar refractivity (Wildman–Crippen MR) is 120 cm³/mol. The monoisotopic (exact) mass is 593 g/mol. The van der Waals surface area contributed by atoms with Crippen LogP contribution in [-0.4, -0.2) is 23.9 Å². The van der Waals surface area contributed by atoms with Crippen LogP contribution in [0.25, 0.3) is 33.2 Å². The fourth-order valence-electron chi connectivity index (χ4n) is 4.07. The molecule has 1 radical (unpaired) electrons. The largest absolute Gasteiger partial charge is 0.512 e. The van der Waals surface area contributed by atoms with Gasteiger partial charge in [0.25, 0.3) is 0 Å². The van der Waals surface area contributed by atoms with Gasteiger partial charge in [-0.1, -0.05) is 30.4 Å². The Morgan fingerprint density at radius 1 is 1.07 bits per heavy atom.